The molecule has 9 heteroatoms. The van der Waals surface area contributed by atoms with Gasteiger partial charge in [-0.2, -0.15) is 9.78 Å². The van der Waals surface area contributed by atoms with Gasteiger partial charge in [0.15, 0.2) is 0 Å². The molecule has 0 saturated carbocycles. The van der Waals surface area contributed by atoms with Crippen LogP contribution in [0.4, 0.5) is 11.6 Å². The average molecular weight is 297 g/mol. The molecule has 22 heavy (non-hydrogen) atoms. The lowest BCUT2D eigenvalue weighted by Gasteiger charge is -2.27. The third-order valence-corrected chi connectivity index (χ3v) is 3.67. The van der Waals surface area contributed by atoms with Gasteiger partial charge in [-0.05, 0) is 35.0 Å². The van der Waals surface area contributed by atoms with Crippen LogP contribution in [0, 0.1) is 6.92 Å². The van der Waals surface area contributed by atoms with Gasteiger partial charge in [0.25, 0.3) is 5.56 Å². The van der Waals surface area contributed by atoms with E-state index >= 15 is 0 Å². The van der Waals surface area contributed by atoms with Gasteiger partial charge in [-0.25, -0.2) is 5.10 Å². The molecule has 3 heterocycles. The molecule has 2 aromatic heterocycles. The maximum atomic E-state index is 12.1. The van der Waals surface area contributed by atoms with E-state index in [1.807, 2.05) is 0 Å². The number of rotatable bonds is 1. The van der Waals surface area contributed by atoms with Gasteiger partial charge in [-0.15, -0.1) is 0 Å². The molecule has 0 amide bonds. The molecule has 110 valence electrons. The van der Waals surface area contributed by atoms with Crippen molar-refractivity contribution in [3.8, 4) is 5.75 Å². The number of hydrogen-bond donors (Lipinski definition) is 3. The molecule has 0 spiro atoms. The zero-order valence-corrected chi connectivity index (χ0v) is 11.5. The van der Waals surface area contributed by atoms with E-state index in [4.69, 9.17) is 0 Å². The van der Waals surface area contributed by atoms with Crippen LogP contribution in [-0.4, -0.2) is 35.5 Å². The number of phenols is 1. The molecule has 4 rings (SSSR count). The van der Waals surface area contributed by atoms with Crippen LogP contribution in [0.25, 0.3) is 0 Å². The van der Waals surface area contributed by atoms with Gasteiger partial charge in [0.1, 0.15) is 17.5 Å². The summed E-state index contributed by atoms with van der Waals surface area (Å²) in [6.07, 6.45) is 0. The fourth-order valence-electron chi connectivity index (χ4n) is 2.66. The molecule has 0 saturated heterocycles. The lowest BCUT2D eigenvalue weighted by Crippen LogP contribution is -2.29. The van der Waals surface area contributed by atoms with Crippen LogP contribution in [0.2, 0.25) is 0 Å². The van der Waals surface area contributed by atoms with Crippen molar-refractivity contribution >= 4 is 11.6 Å². The number of phenolic OH excluding ortho intramolecular Hbond substituents is 1. The van der Waals surface area contributed by atoms with Gasteiger partial charge in [-0.3, -0.25) is 4.79 Å². The Hall–Kier alpha value is -3.23. The van der Waals surface area contributed by atoms with Crippen molar-refractivity contribution in [1.82, 2.24) is 30.4 Å². The second-order valence-corrected chi connectivity index (χ2v) is 4.99. The third-order valence-electron chi connectivity index (χ3n) is 3.67. The molecule has 1 atom stereocenters. The second kappa shape index (κ2) is 4.38. The van der Waals surface area contributed by atoms with Crippen LogP contribution >= 0.6 is 0 Å². The highest BCUT2D eigenvalue weighted by atomic mass is 16.3. The highest BCUT2D eigenvalue weighted by Gasteiger charge is 2.32. The predicted molar refractivity (Wildman–Crippen MR) is 76.0 cm³/mol. The SMILES string of the molecule is Cc1n[nH]c(=O)c2c1[C@H](c1ccc(O)cc1)n1nnnc1N2. The molecular weight excluding hydrogens is 286 g/mol. The number of nitrogens with one attached hydrogen (secondary N) is 2. The summed E-state index contributed by atoms with van der Waals surface area (Å²) in [5, 5.41) is 30.4. The van der Waals surface area contributed by atoms with Gasteiger partial charge >= 0.3 is 0 Å². The summed E-state index contributed by atoms with van der Waals surface area (Å²) in [5.41, 5.74) is 2.26. The van der Waals surface area contributed by atoms with E-state index in [1.54, 1.807) is 35.9 Å². The Morgan fingerprint density at radius 1 is 1.27 bits per heavy atom. The molecule has 0 radical (unpaired) electrons. The molecule has 1 aliphatic heterocycles. The summed E-state index contributed by atoms with van der Waals surface area (Å²) in [4.78, 5) is 12.1. The predicted octanol–water partition coefficient (Wildman–Crippen LogP) is 0.465. The minimum Gasteiger partial charge on any atom is -0.508 e. The van der Waals surface area contributed by atoms with E-state index in [0.717, 1.165) is 5.56 Å². The Morgan fingerprint density at radius 3 is 2.82 bits per heavy atom. The molecule has 9 nitrogen and oxygen atoms in total. The number of aromatic amines is 1. The van der Waals surface area contributed by atoms with Crippen LogP contribution in [-0.2, 0) is 0 Å². The number of anilines is 2. The highest BCUT2D eigenvalue weighted by Crippen LogP contribution is 2.37. The molecule has 0 fully saturated rings. The van der Waals surface area contributed by atoms with E-state index in [1.165, 1.54) is 0 Å². The first-order valence-electron chi connectivity index (χ1n) is 6.58. The van der Waals surface area contributed by atoms with Gasteiger partial charge in [0, 0.05) is 5.56 Å². The minimum atomic E-state index is -0.392. The molecular formula is C13H11N7O2. The van der Waals surface area contributed by atoms with Crippen molar-refractivity contribution < 1.29 is 5.11 Å². The number of benzene rings is 1. The van der Waals surface area contributed by atoms with E-state index in [9.17, 15) is 9.90 Å². The van der Waals surface area contributed by atoms with Crippen LogP contribution in [0.15, 0.2) is 29.1 Å². The van der Waals surface area contributed by atoms with Gasteiger partial charge in [0.2, 0.25) is 5.95 Å². The number of aromatic hydroxyl groups is 1. The van der Waals surface area contributed by atoms with Crippen LogP contribution < -0.4 is 10.9 Å². The summed E-state index contributed by atoms with van der Waals surface area (Å²) in [6.45, 7) is 1.80. The first-order chi connectivity index (χ1) is 10.6. The van der Waals surface area contributed by atoms with E-state index in [2.05, 4.69) is 31.0 Å². The molecule has 1 aliphatic rings. The molecule has 3 N–H and O–H groups in total. The Kier molecular flexibility index (Phi) is 2.49. The zero-order chi connectivity index (χ0) is 15.3. The number of fused-ring (bicyclic) bond motifs is 2. The summed E-state index contributed by atoms with van der Waals surface area (Å²) in [7, 11) is 0. The number of aryl methyl sites for hydroxylation is 1. The van der Waals surface area contributed by atoms with E-state index in [0.29, 0.717) is 22.9 Å². The lowest BCUT2D eigenvalue weighted by atomic mass is 9.95. The van der Waals surface area contributed by atoms with Crippen molar-refractivity contribution in [3.05, 3.63) is 51.4 Å². The number of nitrogens with zero attached hydrogens (tertiary/aromatic N) is 5. The highest BCUT2D eigenvalue weighted by molar-refractivity contribution is 5.64. The fourth-order valence-corrected chi connectivity index (χ4v) is 2.66. The van der Waals surface area contributed by atoms with Crippen molar-refractivity contribution in [1.29, 1.82) is 0 Å². The second-order valence-electron chi connectivity index (χ2n) is 4.99. The minimum absolute atomic E-state index is 0.163. The smallest absolute Gasteiger partial charge is 0.288 e. The standard InChI is InChI=1S/C13H11N7O2/c1-6-9-10(12(22)16-15-6)14-13-17-18-19-20(13)11(9)7-2-4-8(21)5-3-7/h2-5,11,21H,1H3,(H,16,22)(H,14,17,19)/t11-/m0/s1. The Labute approximate surface area is 123 Å². The van der Waals surface area contributed by atoms with Gasteiger partial charge < -0.3 is 10.4 Å². The summed E-state index contributed by atoms with van der Waals surface area (Å²) in [5.74, 6) is 0.539. The maximum absolute atomic E-state index is 12.1. The Morgan fingerprint density at radius 2 is 2.05 bits per heavy atom. The third kappa shape index (κ3) is 1.68. The molecule has 0 bridgehead atoms. The Bertz CT molecular complexity index is 913. The average Bonchev–Trinajstić information content (AvgIpc) is 2.98. The summed E-state index contributed by atoms with van der Waals surface area (Å²) in [6, 6.07) is 6.30. The topological polar surface area (TPSA) is 122 Å². The number of H-pyrrole nitrogens is 1. The zero-order valence-electron chi connectivity index (χ0n) is 11.5. The first kappa shape index (κ1) is 12.5. The summed E-state index contributed by atoms with van der Waals surface area (Å²) < 4.78 is 1.59. The monoisotopic (exact) mass is 297 g/mol. The van der Waals surface area contributed by atoms with Crippen molar-refractivity contribution in [2.24, 2.45) is 0 Å². The number of hydrogen-bond acceptors (Lipinski definition) is 7. The van der Waals surface area contributed by atoms with Crippen molar-refractivity contribution in [2.75, 3.05) is 5.32 Å². The van der Waals surface area contributed by atoms with Gasteiger partial charge in [-0.1, -0.05) is 17.2 Å². The van der Waals surface area contributed by atoms with Crippen molar-refractivity contribution in [2.45, 2.75) is 13.0 Å². The van der Waals surface area contributed by atoms with Crippen molar-refractivity contribution in [3.63, 3.8) is 0 Å². The number of aromatic nitrogens is 6. The summed E-state index contributed by atoms with van der Waals surface area (Å²) >= 11 is 0. The molecule has 3 aromatic rings. The largest absolute Gasteiger partial charge is 0.508 e. The van der Waals surface area contributed by atoms with Crippen LogP contribution in [0.5, 0.6) is 5.75 Å². The van der Waals surface area contributed by atoms with Gasteiger partial charge in [0.05, 0.1) is 5.69 Å². The normalized spacial score (nSPS) is 15.8. The fraction of sp³-hybridized carbons (Fsp3) is 0.154. The first-order valence-corrected chi connectivity index (χ1v) is 6.58. The Balaban J connectivity index is 2.02. The van der Waals surface area contributed by atoms with E-state index in [-0.39, 0.29) is 11.3 Å². The molecule has 1 aromatic carbocycles. The quantitative estimate of drug-likeness (QED) is 0.466. The van der Waals surface area contributed by atoms with E-state index < -0.39 is 6.04 Å². The molecule has 0 aliphatic carbocycles. The number of tetrazole rings is 1. The van der Waals surface area contributed by atoms with Crippen LogP contribution in [0.3, 0.4) is 0 Å². The lowest BCUT2D eigenvalue weighted by molar-refractivity contribution is 0.474. The molecule has 0 unspecified atom stereocenters. The maximum Gasteiger partial charge on any atom is 0.288 e. The van der Waals surface area contributed by atoms with Crippen LogP contribution in [0.1, 0.15) is 22.9 Å².